The van der Waals surface area contributed by atoms with Crippen molar-refractivity contribution in [3.63, 3.8) is 0 Å². The van der Waals surface area contributed by atoms with E-state index >= 15 is 0 Å². The van der Waals surface area contributed by atoms with Crippen LogP contribution in [0.1, 0.15) is 45.7 Å². The smallest absolute Gasteiger partial charge is 0.410 e. The standard InChI is InChI=1S/C28H33FN4O5S/c1-18-22-15-19(23-17-30-24-16-20(29)6-7-21(23)24)5-8-25(22)39(36,37)33(18)10-9-26(34)31-11-13-32(14-12-31)27(35)38-28(2,3)4/h5-8,15-18,30H,9-14H2,1-4H3. The molecule has 208 valence electrons. The molecule has 3 heterocycles. The molecule has 1 fully saturated rings. The molecule has 2 aliphatic heterocycles. The average molecular weight is 557 g/mol. The summed E-state index contributed by atoms with van der Waals surface area (Å²) in [6.45, 7) is 8.79. The van der Waals surface area contributed by atoms with Crippen LogP contribution in [0, 0.1) is 5.82 Å². The highest BCUT2D eigenvalue weighted by molar-refractivity contribution is 7.89. The molecule has 9 nitrogen and oxygen atoms in total. The van der Waals surface area contributed by atoms with Crippen molar-refractivity contribution in [2.24, 2.45) is 0 Å². The minimum absolute atomic E-state index is 0.0465. The van der Waals surface area contributed by atoms with Gasteiger partial charge in [-0.25, -0.2) is 17.6 Å². The normalized spacial score (nSPS) is 19.4. The fraction of sp³-hybridized carbons (Fsp3) is 0.429. The van der Waals surface area contributed by atoms with Crippen molar-refractivity contribution in [1.29, 1.82) is 0 Å². The summed E-state index contributed by atoms with van der Waals surface area (Å²) in [5.74, 6) is -0.483. The van der Waals surface area contributed by atoms with Gasteiger partial charge in [0.15, 0.2) is 0 Å². The Hall–Kier alpha value is -3.44. The second-order valence-corrected chi connectivity index (χ2v) is 12.9. The van der Waals surface area contributed by atoms with Crippen LogP contribution in [0.4, 0.5) is 9.18 Å². The van der Waals surface area contributed by atoms with Gasteiger partial charge < -0.3 is 19.5 Å². The third kappa shape index (κ3) is 5.25. The molecule has 1 aromatic heterocycles. The molecule has 1 unspecified atom stereocenters. The Labute approximate surface area is 227 Å². The molecule has 1 atom stereocenters. The summed E-state index contributed by atoms with van der Waals surface area (Å²) >= 11 is 0. The van der Waals surface area contributed by atoms with E-state index in [1.165, 1.54) is 16.4 Å². The molecule has 2 aromatic carbocycles. The van der Waals surface area contributed by atoms with Gasteiger partial charge in [-0.3, -0.25) is 4.79 Å². The van der Waals surface area contributed by atoms with E-state index in [-0.39, 0.29) is 29.6 Å². The molecule has 1 N–H and O–H groups in total. The molecular formula is C28H33FN4O5S. The van der Waals surface area contributed by atoms with E-state index < -0.39 is 27.8 Å². The summed E-state index contributed by atoms with van der Waals surface area (Å²) in [4.78, 5) is 31.8. The zero-order chi connectivity index (χ0) is 28.1. The summed E-state index contributed by atoms with van der Waals surface area (Å²) in [5, 5.41) is 0.846. The van der Waals surface area contributed by atoms with Crippen molar-refractivity contribution in [2.75, 3.05) is 32.7 Å². The first-order valence-corrected chi connectivity index (χ1v) is 14.5. The average Bonchev–Trinajstić information content (AvgIpc) is 3.37. The molecule has 11 heteroatoms. The Bertz CT molecular complexity index is 1540. The number of nitrogens with zero attached hydrogens (tertiary/aromatic N) is 3. The number of carbonyl (C=O) groups excluding carboxylic acids is 2. The van der Waals surface area contributed by atoms with Crippen LogP contribution < -0.4 is 0 Å². The Morgan fingerprint density at radius 2 is 1.74 bits per heavy atom. The van der Waals surface area contributed by atoms with Crippen molar-refractivity contribution < 1.29 is 27.1 Å². The number of carbonyl (C=O) groups is 2. The predicted octanol–water partition coefficient (Wildman–Crippen LogP) is 4.51. The SMILES string of the molecule is CC1c2cc(-c3c[nH]c4cc(F)ccc34)ccc2S(=O)(=O)N1CCC(=O)N1CCN(C(=O)OC(C)(C)C)CC1. The number of nitrogens with one attached hydrogen (secondary N) is 1. The summed E-state index contributed by atoms with van der Waals surface area (Å²) in [6, 6.07) is 9.32. The monoisotopic (exact) mass is 556 g/mol. The van der Waals surface area contributed by atoms with Crippen LogP contribution in [-0.4, -0.2) is 77.8 Å². The van der Waals surface area contributed by atoms with Crippen LogP contribution in [0.25, 0.3) is 22.0 Å². The number of amides is 2. The molecule has 0 bridgehead atoms. The van der Waals surface area contributed by atoms with E-state index in [9.17, 15) is 22.4 Å². The van der Waals surface area contributed by atoms with Gasteiger partial charge in [0.2, 0.25) is 15.9 Å². The van der Waals surface area contributed by atoms with Crippen molar-refractivity contribution in [2.45, 2.75) is 50.7 Å². The van der Waals surface area contributed by atoms with Gasteiger partial charge in [-0.05, 0) is 69.2 Å². The quantitative estimate of drug-likeness (QED) is 0.510. The number of piperazine rings is 1. The van der Waals surface area contributed by atoms with Crippen LogP contribution in [-0.2, 0) is 19.6 Å². The third-order valence-electron chi connectivity index (χ3n) is 7.26. The van der Waals surface area contributed by atoms with Crippen molar-refractivity contribution >= 4 is 32.9 Å². The highest BCUT2D eigenvalue weighted by Crippen LogP contribution is 2.42. The summed E-state index contributed by atoms with van der Waals surface area (Å²) in [6.07, 6.45) is 1.44. The minimum atomic E-state index is -3.76. The van der Waals surface area contributed by atoms with Gasteiger partial charge in [-0.1, -0.05) is 6.07 Å². The summed E-state index contributed by atoms with van der Waals surface area (Å²) < 4.78 is 47.1. The molecule has 0 spiro atoms. The molecular weight excluding hydrogens is 523 g/mol. The summed E-state index contributed by atoms with van der Waals surface area (Å²) in [5.41, 5.74) is 2.43. The largest absolute Gasteiger partial charge is 0.444 e. The molecule has 3 aromatic rings. The van der Waals surface area contributed by atoms with Crippen LogP contribution in [0.2, 0.25) is 0 Å². The maximum absolute atomic E-state index is 13.6. The van der Waals surface area contributed by atoms with Crippen molar-refractivity contribution in [3.8, 4) is 11.1 Å². The number of benzene rings is 2. The van der Waals surface area contributed by atoms with E-state index in [1.54, 1.807) is 34.2 Å². The number of H-pyrrole nitrogens is 1. The summed E-state index contributed by atoms with van der Waals surface area (Å²) in [7, 11) is -3.76. The highest BCUT2D eigenvalue weighted by Gasteiger charge is 2.40. The van der Waals surface area contributed by atoms with Gasteiger partial charge in [0.1, 0.15) is 11.4 Å². The number of sulfonamides is 1. The molecule has 39 heavy (non-hydrogen) atoms. The number of hydrogen-bond donors (Lipinski definition) is 1. The lowest BCUT2D eigenvalue weighted by Crippen LogP contribution is -2.52. The first-order valence-electron chi connectivity index (χ1n) is 13.0. The molecule has 2 aliphatic rings. The van der Waals surface area contributed by atoms with Gasteiger partial charge in [0, 0.05) is 67.8 Å². The Kier molecular flexibility index (Phi) is 6.92. The number of rotatable bonds is 4. The van der Waals surface area contributed by atoms with Crippen LogP contribution >= 0.6 is 0 Å². The number of fused-ring (bicyclic) bond motifs is 2. The second-order valence-electron chi connectivity index (χ2n) is 11.0. The Morgan fingerprint density at radius 1 is 1.05 bits per heavy atom. The van der Waals surface area contributed by atoms with Crippen molar-refractivity contribution in [3.05, 3.63) is 54.0 Å². The highest BCUT2D eigenvalue weighted by atomic mass is 32.2. The molecule has 0 aliphatic carbocycles. The Morgan fingerprint density at radius 3 is 2.44 bits per heavy atom. The number of ether oxygens (including phenoxy) is 1. The van der Waals surface area contributed by atoms with E-state index in [4.69, 9.17) is 4.74 Å². The van der Waals surface area contributed by atoms with Crippen LogP contribution in [0.15, 0.2) is 47.5 Å². The fourth-order valence-corrected chi connectivity index (χ4v) is 7.13. The lowest BCUT2D eigenvalue weighted by Gasteiger charge is -2.35. The van der Waals surface area contributed by atoms with E-state index in [2.05, 4.69) is 4.98 Å². The van der Waals surface area contributed by atoms with Gasteiger partial charge in [-0.2, -0.15) is 4.31 Å². The number of halogens is 1. The Balaban J connectivity index is 1.25. The second kappa shape index (κ2) is 9.95. The van der Waals surface area contributed by atoms with Crippen molar-refractivity contribution in [1.82, 2.24) is 19.1 Å². The van der Waals surface area contributed by atoms with E-state index in [0.717, 1.165) is 16.5 Å². The first kappa shape index (κ1) is 27.1. The maximum atomic E-state index is 13.6. The van der Waals surface area contributed by atoms with Gasteiger partial charge in [0.05, 0.1) is 4.90 Å². The first-order chi connectivity index (χ1) is 18.3. The van der Waals surface area contributed by atoms with Gasteiger partial charge >= 0.3 is 6.09 Å². The lowest BCUT2D eigenvalue weighted by atomic mass is 9.99. The van der Waals surface area contributed by atoms with Gasteiger partial charge in [0.25, 0.3) is 0 Å². The molecule has 0 saturated carbocycles. The molecule has 0 radical (unpaired) electrons. The number of aromatic amines is 1. The van der Waals surface area contributed by atoms with E-state index in [0.29, 0.717) is 37.3 Å². The third-order valence-corrected chi connectivity index (χ3v) is 9.31. The molecule has 2 amide bonds. The zero-order valence-electron chi connectivity index (χ0n) is 22.5. The number of aromatic nitrogens is 1. The lowest BCUT2D eigenvalue weighted by molar-refractivity contribution is -0.133. The number of hydrogen-bond acceptors (Lipinski definition) is 5. The van der Waals surface area contributed by atoms with Crippen LogP contribution in [0.5, 0.6) is 0 Å². The zero-order valence-corrected chi connectivity index (χ0v) is 23.3. The molecule has 1 saturated heterocycles. The minimum Gasteiger partial charge on any atom is -0.444 e. The molecule has 5 rings (SSSR count). The predicted molar refractivity (Wildman–Crippen MR) is 145 cm³/mol. The van der Waals surface area contributed by atoms with E-state index in [1.807, 2.05) is 33.8 Å². The fourth-order valence-electron chi connectivity index (χ4n) is 5.25. The van der Waals surface area contributed by atoms with Crippen LogP contribution in [0.3, 0.4) is 0 Å². The topological polar surface area (TPSA) is 103 Å². The van der Waals surface area contributed by atoms with Gasteiger partial charge in [-0.15, -0.1) is 0 Å². The maximum Gasteiger partial charge on any atom is 0.410 e.